The fourth-order valence-corrected chi connectivity index (χ4v) is 2.05. The van der Waals surface area contributed by atoms with Gasteiger partial charge in [0.05, 0.1) is 6.10 Å². The second kappa shape index (κ2) is 4.91. The SMILES string of the molecule is CC(O)CC(C)(C)Cc1c(F)cccc1F. The highest BCUT2D eigenvalue weighted by molar-refractivity contribution is 5.20. The molecular formula is C13H18F2O. The molecule has 0 saturated carbocycles. The van der Waals surface area contributed by atoms with Gasteiger partial charge in [-0.25, -0.2) is 8.78 Å². The van der Waals surface area contributed by atoms with Gasteiger partial charge in [0.2, 0.25) is 0 Å². The van der Waals surface area contributed by atoms with Gasteiger partial charge in [-0.2, -0.15) is 0 Å². The van der Waals surface area contributed by atoms with Crippen LogP contribution in [0, 0.1) is 17.0 Å². The summed E-state index contributed by atoms with van der Waals surface area (Å²) in [6.45, 7) is 5.47. The molecule has 0 heterocycles. The fraction of sp³-hybridized carbons (Fsp3) is 0.538. The zero-order valence-corrected chi connectivity index (χ0v) is 9.93. The van der Waals surface area contributed by atoms with Gasteiger partial charge in [-0.3, -0.25) is 0 Å². The van der Waals surface area contributed by atoms with Crippen LogP contribution < -0.4 is 0 Å². The summed E-state index contributed by atoms with van der Waals surface area (Å²) in [5.41, 5.74) is -0.217. The van der Waals surface area contributed by atoms with Gasteiger partial charge in [0, 0.05) is 5.56 Å². The third kappa shape index (κ3) is 3.56. The van der Waals surface area contributed by atoms with Crippen LogP contribution in [0.15, 0.2) is 18.2 Å². The number of hydrogen-bond acceptors (Lipinski definition) is 1. The van der Waals surface area contributed by atoms with Gasteiger partial charge < -0.3 is 5.11 Å². The van der Waals surface area contributed by atoms with Gasteiger partial charge in [0.1, 0.15) is 11.6 Å². The smallest absolute Gasteiger partial charge is 0.129 e. The van der Waals surface area contributed by atoms with E-state index in [4.69, 9.17) is 0 Å². The Labute approximate surface area is 95.1 Å². The zero-order valence-electron chi connectivity index (χ0n) is 9.93. The molecule has 1 aromatic rings. The molecule has 16 heavy (non-hydrogen) atoms. The van der Waals surface area contributed by atoms with Crippen LogP contribution in [0.2, 0.25) is 0 Å². The Morgan fingerprint density at radius 1 is 1.25 bits per heavy atom. The lowest BCUT2D eigenvalue weighted by atomic mass is 9.81. The highest BCUT2D eigenvalue weighted by Gasteiger charge is 2.24. The lowest BCUT2D eigenvalue weighted by molar-refractivity contribution is 0.128. The number of aliphatic hydroxyl groups is 1. The maximum atomic E-state index is 13.4. The first kappa shape index (κ1) is 13.1. The summed E-state index contributed by atoms with van der Waals surface area (Å²) in [4.78, 5) is 0. The van der Waals surface area contributed by atoms with Crippen molar-refractivity contribution in [2.24, 2.45) is 5.41 Å². The number of halogens is 2. The third-order valence-corrected chi connectivity index (χ3v) is 2.57. The molecule has 0 aliphatic rings. The van der Waals surface area contributed by atoms with E-state index in [1.807, 2.05) is 13.8 Å². The molecule has 0 saturated heterocycles. The molecule has 0 aliphatic carbocycles. The van der Waals surface area contributed by atoms with Gasteiger partial charge in [-0.05, 0) is 37.3 Å². The molecule has 90 valence electrons. The van der Waals surface area contributed by atoms with E-state index in [2.05, 4.69) is 0 Å². The summed E-state index contributed by atoms with van der Waals surface area (Å²) in [5, 5.41) is 9.32. The van der Waals surface area contributed by atoms with Crippen molar-refractivity contribution < 1.29 is 13.9 Å². The van der Waals surface area contributed by atoms with Gasteiger partial charge >= 0.3 is 0 Å². The van der Waals surface area contributed by atoms with E-state index in [0.29, 0.717) is 6.42 Å². The Kier molecular flexibility index (Phi) is 4.03. The summed E-state index contributed by atoms with van der Waals surface area (Å²) in [6.07, 6.45) is 0.335. The topological polar surface area (TPSA) is 20.2 Å². The molecule has 1 unspecified atom stereocenters. The standard InChI is InChI=1S/C13H18F2O/c1-9(16)7-13(2,3)8-10-11(14)5-4-6-12(10)15/h4-6,9,16H,7-8H2,1-3H3. The summed E-state index contributed by atoms with van der Waals surface area (Å²) in [6, 6.07) is 3.88. The Morgan fingerprint density at radius 2 is 1.75 bits per heavy atom. The van der Waals surface area contributed by atoms with Crippen molar-refractivity contribution in [2.75, 3.05) is 0 Å². The van der Waals surface area contributed by atoms with Crippen LogP contribution >= 0.6 is 0 Å². The van der Waals surface area contributed by atoms with Crippen molar-refractivity contribution in [1.82, 2.24) is 0 Å². The molecule has 0 amide bonds. The van der Waals surface area contributed by atoms with Crippen LogP contribution in [0.3, 0.4) is 0 Å². The average molecular weight is 228 g/mol. The number of benzene rings is 1. The van der Waals surface area contributed by atoms with Gasteiger partial charge in [0.25, 0.3) is 0 Å². The van der Waals surface area contributed by atoms with E-state index in [1.165, 1.54) is 18.2 Å². The summed E-state index contributed by atoms with van der Waals surface area (Å²) < 4.78 is 26.8. The van der Waals surface area contributed by atoms with Crippen LogP contribution in [0.5, 0.6) is 0 Å². The van der Waals surface area contributed by atoms with Crippen molar-refractivity contribution in [2.45, 2.75) is 39.7 Å². The molecule has 0 spiro atoms. The van der Waals surface area contributed by atoms with E-state index in [0.717, 1.165) is 0 Å². The first-order valence-corrected chi connectivity index (χ1v) is 5.43. The van der Waals surface area contributed by atoms with Crippen LogP contribution in [0.25, 0.3) is 0 Å². The van der Waals surface area contributed by atoms with Crippen molar-refractivity contribution >= 4 is 0 Å². The van der Waals surface area contributed by atoms with E-state index in [1.54, 1.807) is 6.92 Å². The van der Waals surface area contributed by atoms with E-state index in [-0.39, 0.29) is 17.4 Å². The minimum Gasteiger partial charge on any atom is -0.393 e. The number of hydrogen-bond donors (Lipinski definition) is 1. The van der Waals surface area contributed by atoms with Crippen molar-refractivity contribution in [3.05, 3.63) is 35.4 Å². The summed E-state index contributed by atoms with van der Waals surface area (Å²) in [7, 11) is 0. The van der Waals surface area contributed by atoms with Crippen LogP contribution in [0.4, 0.5) is 8.78 Å². The highest BCUT2D eigenvalue weighted by Crippen LogP contribution is 2.29. The largest absolute Gasteiger partial charge is 0.393 e. The maximum Gasteiger partial charge on any atom is 0.129 e. The monoisotopic (exact) mass is 228 g/mol. The number of aliphatic hydroxyl groups excluding tert-OH is 1. The lowest BCUT2D eigenvalue weighted by Gasteiger charge is -2.26. The Balaban J connectivity index is 2.87. The molecule has 1 atom stereocenters. The zero-order chi connectivity index (χ0) is 12.3. The molecule has 1 N–H and O–H groups in total. The van der Waals surface area contributed by atoms with Crippen LogP contribution in [0.1, 0.15) is 32.8 Å². The molecule has 1 nitrogen and oxygen atoms in total. The lowest BCUT2D eigenvalue weighted by Crippen LogP contribution is -2.22. The fourth-order valence-electron chi connectivity index (χ4n) is 2.05. The molecule has 3 heteroatoms. The first-order valence-electron chi connectivity index (χ1n) is 5.43. The predicted molar refractivity (Wildman–Crippen MR) is 60.1 cm³/mol. The normalized spacial score (nSPS) is 13.9. The molecular weight excluding hydrogens is 210 g/mol. The van der Waals surface area contributed by atoms with E-state index >= 15 is 0 Å². The van der Waals surface area contributed by atoms with Gasteiger partial charge in [-0.15, -0.1) is 0 Å². The molecule has 0 aromatic heterocycles. The highest BCUT2D eigenvalue weighted by atomic mass is 19.1. The van der Waals surface area contributed by atoms with Crippen LogP contribution in [-0.4, -0.2) is 11.2 Å². The molecule has 1 rings (SSSR count). The maximum absolute atomic E-state index is 13.4. The minimum absolute atomic E-state index is 0.105. The third-order valence-electron chi connectivity index (χ3n) is 2.57. The molecule has 1 aromatic carbocycles. The predicted octanol–water partition coefficient (Wildman–Crippen LogP) is 3.30. The van der Waals surface area contributed by atoms with Gasteiger partial charge in [0.15, 0.2) is 0 Å². The second-order valence-electron chi connectivity index (χ2n) is 5.09. The van der Waals surface area contributed by atoms with Crippen molar-refractivity contribution in [3.8, 4) is 0 Å². The Bertz CT molecular complexity index is 339. The molecule has 0 bridgehead atoms. The molecule has 0 radical (unpaired) electrons. The number of rotatable bonds is 4. The Hall–Kier alpha value is -0.960. The molecule has 0 fully saturated rings. The minimum atomic E-state index is -0.515. The average Bonchev–Trinajstić information content (AvgIpc) is 2.09. The van der Waals surface area contributed by atoms with Gasteiger partial charge in [-0.1, -0.05) is 19.9 Å². The Morgan fingerprint density at radius 3 is 2.19 bits per heavy atom. The summed E-state index contributed by atoms with van der Waals surface area (Å²) >= 11 is 0. The second-order valence-corrected chi connectivity index (χ2v) is 5.09. The van der Waals surface area contributed by atoms with Crippen molar-refractivity contribution in [3.63, 3.8) is 0 Å². The van der Waals surface area contributed by atoms with E-state index < -0.39 is 17.7 Å². The first-order chi connectivity index (χ1) is 7.32. The van der Waals surface area contributed by atoms with Crippen molar-refractivity contribution in [1.29, 1.82) is 0 Å². The van der Waals surface area contributed by atoms with Crippen LogP contribution in [-0.2, 0) is 6.42 Å². The molecule has 0 aliphatic heterocycles. The quantitative estimate of drug-likeness (QED) is 0.838. The summed E-state index contributed by atoms with van der Waals surface area (Å²) in [5.74, 6) is -1.03. The van der Waals surface area contributed by atoms with E-state index in [9.17, 15) is 13.9 Å².